The molecule has 2 N–H and O–H groups in total. The van der Waals surface area contributed by atoms with Crippen LogP contribution in [0.2, 0.25) is 0 Å². The third-order valence-electron chi connectivity index (χ3n) is 2.69. The molecule has 2 rings (SSSR count). The van der Waals surface area contributed by atoms with Gasteiger partial charge in [0.1, 0.15) is 0 Å². The highest BCUT2D eigenvalue weighted by molar-refractivity contribution is 6.04. The van der Waals surface area contributed by atoms with Crippen LogP contribution in [0.5, 0.6) is 11.5 Å². The first kappa shape index (κ1) is 13.7. The van der Waals surface area contributed by atoms with E-state index in [1.165, 1.54) is 32.5 Å². The van der Waals surface area contributed by atoms with Crippen molar-refractivity contribution in [1.29, 1.82) is 0 Å². The van der Waals surface area contributed by atoms with Crippen LogP contribution in [0.25, 0.3) is 0 Å². The first-order valence-electron chi connectivity index (χ1n) is 5.86. The summed E-state index contributed by atoms with van der Waals surface area (Å²) in [4.78, 5) is 25.5. The minimum absolute atomic E-state index is 0.228. The van der Waals surface area contributed by atoms with Crippen molar-refractivity contribution < 1.29 is 14.3 Å². The van der Waals surface area contributed by atoms with E-state index in [0.717, 1.165) is 0 Å². The van der Waals surface area contributed by atoms with Crippen molar-refractivity contribution in [3.63, 3.8) is 0 Å². The highest BCUT2D eigenvalue weighted by Crippen LogP contribution is 2.27. The Hall–Kier alpha value is -2.76. The first-order chi connectivity index (χ1) is 9.63. The molecule has 0 fully saturated rings. The predicted octanol–water partition coefficient (Wildman–Crippen LogP) is 1.64. The molecule has 0 aliphatic carbocycles. The lowest BCUT2D eigenvalue weighted by Crippen LogP contribution is -2.13. The summed E-state index contributed by atoms with van der Waals surface area (Å²) in [6, 6.07) is 7.73. The Morgan fingerprint density at radius 2 is 1.85 bits per heavy atom. The average molecular weight is 274 g/mol. The summed E-state index contributed by atoms with van der Waals surface area (Å²) in [5.41, 5.74) is 0.701. The van der Waals surface area contributed by atoms with Crippen molar-refractivity contribution >= 4 is 11.6 Å². The summed E-state index contributed by atoms with van der Waals surface area (Å²) in [7, 11) is 3.03. The molecule has 0 unspecified atom stereocenters. The zero-order valence-electron chi connectivity index (χ0n) is 11.1. The van der Waals surface area contributed by atoms with E-state index in [1.54, 1.807) is 18.2 Å². The topological polar surface area (TPSA) is 80.4 Å². The van der Waals surface area contributed by atoms with Gasteiger partial charge in [0.2, 0.25) is 5.56 Å². The van der Waals surface area contributed by atoms with Gasteiger partial charge in [-0.3, -0.25) is 9.59 Å². The second-order valence-electron chi connectivity index (χ2n) is 3.97. The van der Waals surface area contributed by atoms with Crippen LogP contribution >= 0.6 is 0 Å². The molecule has 6 heteroatoms. The maximum Gasteiger partial charge on any atom is 0.255 e. The Morgan fingerprint density at radius 1 is 1.10 bits per heavy atom. The summed E-state index contributed by atoms with van der Waals surface area (Å²) in [5.74, 6) is 0.715. The summed E-state index contributed by atoms with van der Waals surface area (Å²) >= 11 is 0. The number of rotatable bonds is 4. The van der Waals surface area contributed by atoms with Crippen LogP contribution in [0.3, 0.4) is 0 Å². The fraction of sp³-hybridized carbons (Fsp3) is 0.143. The SMILES string of the molecule is COc1ccc(C(=O)Nc2ccc(=O)[nH]c2)cc1OC. The van der Waals surface area contributed by atoms with Gasteiger partial charge in [-0.1, -0.05) is 0 Å². The Kier molecular flexibility index (Phi) is 4.05. The van der Waals surface area contributed by atoms with Gasteiger partial charge in [-0.05, 0) is 24.3 Å². The fourth-order valence-electron chi connectivity index (χ4n) is 1.67. The number of anilines is 1. The zero-order valence-corrected chi connectivity index (χ0v) is 11.1. The molecule has 20 heavy (non-hydrogen) atoms. The highest BCUT2D eigenvalue weighted by atomic mass is 16.5. The van der Waals surface area contributed by atoms with E-state index in [9.17, 15) is 9.59 Å². The molecule has 1 aromatic carbocycles. The normalized spacial score (nSPS) is 9.90. The molecule has 0 spiro atoms. The molecule has 0 bridgehead atoms. The second-order valence-corrected chi connectivity index (χ2v) is 3.97. The summed E-state index contributed by atoms with van der Waals surface area (Å²) in [5, 5.41) is 2.67. The first-order valence-corrected chi connectivity index (χ1v) is 5.86. The van der Waals surface area contributed by atoms with Gasteiger partial charge in [-0.2, -0.15) is 0 Å². The average Bonchev–Trinajstić information content (AvgIpc) is 2.48. The lowest BCUT2D eigenvalue weighted by molar-refractivity contribution is 0.102. The van der Waals surface area contributed by atoms with Crippen LogP contribution in [0, 0.1) is 0 Å². The molecular formula is C14H14N2O4. The monoisotopic (exact) mass is 274 g/mol. The maximum absolute atomic E-state index is 12.1. The number of ether oxygens (including phenoxy) is 2. The van der Waals surface area contributed by atoms with Crippen LogP contribution in [0.1, 0.15) is 10.4 Å². The van der Waals surface area contributed by atoms with Crippen molar-refractivity contribution in [2.45, 2.75) is 0 Å². The lowest BCUT2D eigenvalue weighted by Gasteiger charge is -2.09. The van der Waals surface area contributed by atoms with Gasteiger partial charge in [0.25, 0.3) is 5.91 Å². The maximum atomic E-state index is 12.1. The number of nitrogens with one attached hydrogen (secondary N) is 2. The minimum atomic E-state index is -0.307. The quantitative estimate of drug-likeness (QED) is 0.888. The molecule has 1 aromatic heterocycles. The lowest BCUT2D eigenvalue weighted by atomic mass is 10.2. The number of benzene rings is 1. The van der Waals surface area contributed by atoms with Crippen molar-refractivity contribution in [2.75, 3.05) is 19.5 Å². The number of methoxy groups -OCH3 is 2. The largest absolute Gasteiger partial charge is 0.493 e. The van der Waals surface area contributed by atoms with Crippen molar-refractivity contribution in [2.24, 2.45) is 0 Å². The molecule has 0 saturated carbocycles. The second kappa shape index (κ2) is 5.92. The number of carbonyl (C=O) groups excluding carboxylic acids is 1. The highest BCUT2D eigenvalue weighted by Gasteiger charge is 2.10. The third-order valence-corrected chi connectivity index (χ3v) is 2.69. The fourth-order valence-corrected chi connectivity index (χ4v) is 1.67. The van der Waals surface area contributed by atoms with E-state index < -0.39 is 0 Å². The van der Waals surface area contributed by atoms with E-state index in [-0.39, 0.29) is 11.5 Å². The van der Waals surface area contributed by atoms with E-state index >= 15 is 0 Å². The zero-order chi connectivity index (χ0) is 14.5. The van der Waals surface area contributed by atoms with Crippen LogP contribution in [0.4, 0.5) is 5.69 Å². The molecule has 2 aromatic rings. The standard InChI is InChI=1S/C14H14N2O4/c1-19-11-5-3-9(7-12(11)20-2)14(18)16-10-4-6-13(17)15-8-10/h3-8H,1-2H3,(H,15,17)(H,16,18). The van der Waals surface area contributed by atoms with Crippen LogP contribution in [-0.2, 0) is 0 Å². The van der Waals surface area contributed by atoms with Gasteiger partial charge < -0.3 is 19.8 Å². The molecule has 1 heterocycles. The van der Waals surface area contributed by atoms with Crippen LogP contribution in [-0.4, -0.2) is 25.1 Å². The Labute approximate surface area is 115 Å². The number of carbonyl (C=O) groups is 1. The summed E-state index contributed by atoms with van der Waals surface area (Å²) in [6.07, 6.45) is 1.43. The molecule has 0 radical (unpaired) electrons. The van der Waals surface area contributed by atoms with Gasteiger partial charge in [-0.15, -0.1) is 0 Å². The van der Waals surface area contributed by atoms with Gasteiger partial charge in [0.15, 0.2) is 11.5 Å². The molecule has 0 saturated heterocycles. The molecule has 0 atom stereocenters. The van der Waals surface area contributed by atoms with E-state index in [4.69, 9.17) is 9.47 Å². The third kappa shape index (κ3) is 2.97. The van der Waals surface area contributed by atoms with Crippen LogP contribution in [0.15, 0.2) is 41.3 Å². The number of hydrogen-bond acceptors (Lipinski definition) is 4. The van der Waals surface area contributed by atoms with Gasteiger partial charge in [-0.25, -0.2) is 0 Å². The predicted molar refractivity (Wildman–Crippen MR) is 74.6 cm³/mol. The number of amides is 1. The van der Waals surface area contributed by atoms with Gasteiger partial charge in [0.05, 0.1) is 19.9 Å². The van der Waals surface area contributed by atoms with Gasteiger partial charge >= 0.3 is 0 Å². The van der Waals surface area contributed by atoms with E-state index in [2.05, 4.69) is 10.3 Å². The van der Waals surface area contributed by atoms with Crippen molar-refractivity contribution in [1.82, 2.24) is 4.98 Å². The van der Waals surface area contributed by atoms with Gasteiger partial charge in [0, 0.05) is 17.8 Å². The number of H-pyrrole nitrogens is 1. The number of pyridine rings is 1. The Bertz CT molecular complexity index is 659. The molecule has 104 valence electrons. The molecule has 0 aliphatic heterocycles. The molecular weight excluding hydrogens is 260 g/mol. The molecule has 1 amide bonds. The summed E-state index contributed by atoms with van der Waals surface area (Å²) in [6.45, 7) is 0. The van der Waals surface area contributed by atoms with E-state index in [1.807, 2.05) is 0 Å². The number of aromatic amines is 1. The Morgan fingerprint density at radius 3 is 2.45 bits per heavy atom. The van der Waals surface area contributed by atoms with Crippen molar-refractivity contribution in [3.05, 3.63) is 52.4 Å². The van der Waals surface area contributed by atoms with Crippen molar-refractivity contribution in [3.8, 4) is 11.5 Å². The number of aromatic nitrogens is 1. The van der Waals surface area contributed by atoms with E-state index in [0.29, 0.717) is 22.7 Å². The molecule has 6 nitrogen and oxygen atoms in total. The number of hydrogen-bond donors (Lipinski definition) is 2. The summed E-state index contributed by atoms with van der Waals surface area (Å²) < 4.78 is 10.2. The smallest absolute Gasteiger partial charge is 0.255 e. The molecule has 0 aliphatic rings. The Balaban J connectivity index is 2.20. The minimum Gasteiger partial charge on any atom is -0.493 e. The van der Waals surface area contributed by atoms with Crippen LogP contribution < -0.4 is 20.3 Å².